The van der Waals surface area contributed by atoms with Crippen LogP contribution in [0.5, 0.6) is 5.75 Å². The predicted octanol–water partition coefficient (Wildman–Crippen LogP) is 6.53. The molecule has 1 atom stereocenters. The van der Waals surface area contributed by atoms with Crippen LogP contribution < -0.4 is 4.74 Å². The zero-order chi connectivity index (χ0) is 24.6. The lowest BCUT2D eigenvalue weighted by Gasteiger charge is -2.30. The summed E-state index contributed by atoms with van der Waals surface area (Å²) in [6.07, 6.45) is 5.62. The fourth-order valence-corrected chi connectivity index (χ4v) is 5.71. The van der Waals surface area contributed by atoms with Gasteiger partial charge in [-0.1, -0.05) is 42.8 Å². The first-order valence-corrected chi connectivity index (χ1v) is 12.2. The molecule has 34 heavy (non-hydrogen) atoms. The van der Waals surface area contributed by atoms with Crippen molar-refractivity contribution in [1.29, 1.82) is 0 Å². The minimum absolute atomic E-state index is 0.0273. The van der Waals surface area contributed by atoms with Gasteiger partial charge in [-0.05, 0) is 68.0 Å². The van der Waals surface area contributed by atoms with Crippen molar-refractivity contribution in [3.05, 3.63) is 64.6 Å². The van der Waals surface area contributed by atoms with Crippen LogP contribution in [0.15, 0.2) is 43.1 Å². The molecule has 4 rings (SSSR count). The maximum absolute atomic E-state index is 12.2. The number of aromatic nitrogens is 2. The molecule has 0 unspecified atom stereocenters. The van der Waals surface area contributed by atoms with Gasteiger partial charge in [0.25, 0.3) is 0 Å². The van der Waals surface area contributed by atoms with Crippen molar-refractivity contribution in [3.8, 4) is 16.9 Å². The normalized spacial score (nSPS) is 17.2. The molecule has 2 aromatic carbocycles. The number of fused-ring (bicyclic) bond motifs is 1. The molecular formula is C27H29Cl2N3O2. The summed E-state index contributed by atoms with van der Waals surface area (Å²) in [6, 6.07) is 7.85. The number of methoxy groups -OCH3 is 1. The van der Waals surface area contributed by atoms with Gasteiger partial charge in [0, 0.05) is 35.7 Å². The van der Waals surface area contributed by atoms with E-state index in [0.29, 0.717) is 28.3 Å². The summed E-state index contributed by atoms with van der Waals surface area (Å²) in [6.45, 7) is 10.6. The van der Waals surface area contributed by atoms with Crippen LogP contribution in [0.3, 0.4) is 0 Å². The topological polar surface area (TPSA) is 55.3 Å². The molecule has 3 aromatic rings. The monoisotopic (exact) mass is 497 g/mol. The van der Waals surface area contributed by atoms with E-state index < -0.39 is 0 Å². The first-order chi connectivity index (χ1) is 16.2. The molecule has 0 radical (unpaired) electrons. The van der Waals surface area contributed by atoms with E-state index in [1.54, 1.807) is 7.11 Å². The van der Waals surface area contributed by atoms with Crippen molar-refractivity contribution >= 4 is 40.0 Å². The van der Waals surface area contributed by atoms with Gasteiger partial charge < -0.3 is 9.64 Å². The van der Waals surface area contributed by atoms with Gasteiger partial charge in [0.2, 0.25) is 5.91 Å². The van der Waals surface area contributed by atoms with Crippen LogP contribution in [-0.2, 0) is 17.6 Å². The number of rotatable bonds is 6. The van der Waals surface area contributed by atoms with E-state index in [2.05, 4.69) is 25.4 Å². The molecule has 1 aliphatic rings. The van der Waals surface area contributed by atoms with Crippen LogP contribution in [0.2, 0.25) is 10.0 Å². The maximum atomic E-state index is 12.2. The Morgan fingerprint density at radius 2 is 2.06 bits per heavy atom. The van der Waals surface area contributed by atoms with Crippen molar-refractivity contribution in [2.24, 2.45) is 5.92 Å². The fourth-order valence-electron chi connectivity index (χ4n) is 4.93. The quantitative estimate of drug-likeness (QED) is 0.363. The molecule has 1 saturated heterocycles. The maximum Gasteiger partial charge on any atom is 0.246 e. The second kappa shape index (κ2) is 9.55. The Morgan fingerprint density at radius 1 is 1.29 bits per heavy atom. The van der Waals surface area contributed by atoms with E-state index in [0.717, 1.165) is 52.7 Å². The molecule has 0 aliphatic carbocycles. The molecule has 2 heterocycles. The number of ether oxygens (including phenoxy) is 1. The van der Waals surface area contributed by atoms with E-state index >= 15 is 0 Å². The van der Waals surface area contributed by atoms with Gasteiger partial charge in [0.15, 0.2) is 0 Å². The number of nitrogens with zero attached hydrogens (tertiary/aromatic N) is 3. The molecule has 1 aromatic heterocycles. The van der Waals surface area contributed by atoms with Gasteiger partial charge in [0.05, 0.1) is 22.7 Å². The lowest BCUT2D eigenvalue weighted by atomic mass is 9.94. The number of likely N-dealkylation sites (tertiary alicyclic amines) is 1. The largest absolute Gasteiger partial charge is 0.495 e. The SMILES string of the molecule is C=CC(=O)N1C[C@H](Cc2ncc3cc(-c4c(Cl)c(CC)cc(OC)c4Cl)ccc3n2)CC1(C)C. The third-order valence-corrected chi connectivity index (χ3v) is 7.44. The molecule has 178 valence electrons. The first kappa shape index (κ1) is 24.5. The van der Waals surface area contributed by atoms with Gasteiger partial charge in [-0.15, -0.1) is 0 Å². The lowest BCUT2D eigenvalue weighted by molar-refractivity contribution is -0.129. The molecule has 7 heteroatoms. The van der Waals surface area contributed by atoms with Gasteiger partial charge in [-0.25, -0.2) is 9.97 Å². The molecule has 1 amide bonds. The van der Waals surface area contributed by atoms with Crippen molar-refractivity contribution in [1.82, 2.24) is 14.9 Å². The summed E-state index contributed by atoms with van der Waals surface area (Å²) in [5.41, 5.74) is 3.28. The minimum Gasteiger partial charge on any atom is -0.495 e. The van der Waals surface area contributed by atoms with Gasteiger partial charge in [-0.2, -0.15) is 0 Å². The Balaban J connectivity index is 1.63. The Morgan fingerprint density at radius 3 is 2.74 bits per heavy atom. The summed E-state index contributed by atoms with van der Waals surface area (Å²) in [5.74, 6) is 1.66. The zero-order valence-electron chi connectivity index (χ0n) is 20.0. The number of benzene rings is 2. The van der Waals surface area contributed by atoms with Crippen molar-refractivity contribution in [2.75, 3.05) is 13.7 Å². The number of amides is 1. The second-order valence-corrected chi connectivity index (χ2v) is 10.1. The number of carbonyl (C=O) groups excluding carboxylic acids is 1. The van der Waals surface area contributed by atoms with Crippen LogP contribution in [-0.4, -0.2) is 40.0 Å². The molecule has 0 spiro atoms. The summed E-state index contributed by atoms with van der Waals surface area (Å²) in [7, 11) is 1.60. The first-order valence-electron chi connectivity index (χ1n) is 11.4. The molecule has 1 fully saturated rings. The minimum atomic E-state index is -0.200. The van der Waals surface area contributed by atoms with Crippen LogP contribution in [0.1, 0.15) is 38.6 Å². The molecule has 1 aliphatic heterocycles. The zero-order valence-corrected chi connectivity index (χ0v) is 21.5. The van der Waals surface area contributed by atoms with Gasteiger partial charge in [0.1, 0.15) is 11.6 Å². The second-order valence-electron chi connectivity index (χ2n) is 9.39. The van der Waals surface area contributed by atoms with Crippen LogP contribution in [0.4, 0.5) is 0 Å². The van der Waals surface area contributed by atoms with Crippen molar-refractivity contribution < 1.29 is 9.53 Å². The van der Waals surface area contributed by atoms with E-state index in [1.807, 2.05) is 42.3 Å². The Hall–Kier alpha value is -2.63. The van der Waals surface area contributed by atoms with Gasteiger partial charge in [-0.3, -0.25) is 4.79 Å². The Bertz CT molecular complexity index is 1240. The standard InChI is InChI=1S/C27H29Cl2N3O2/c1-6-17-12-21(34-5)26(29)24(25(17)28)18-8-9-20-19(11-18)14-30-22(31-20)10-16-13-27(3,4)32(15-16)23(33)7-2/h7-9,11-12,14,16H,2,6,10,13,15H2,1,3-5H3/t16-/m1/s1. The lowest BCUT2D eigenvalue weighted by Crippen LogP contribution is -2.41. The number of hydrogen-bond acceptors (Lipinski definition) is 4. The molecular weight excluding hydrogens is 469 g/mol. The van der Waals surface area contributed by atoms with Crippen molar-refractivity contribution in [3.63, 3.8) is 0 Å². The average Bonchev–Trinajstić information content (AvgIpc) is 3.12. The molecule has 0 saturated carbocycles. The summed E-state index contributed by atoms with van der Waals surface area (Å²) in [4.78, 5) is 23.6. The van der Waals surface area contributed by atoms with E-state index in [-0.39, 0.29) is 11.4 Å². The average molecular weight is 498 g/mol. The van der Waals surface area contributed by atoms with Crippen LogP contribution in [0, 0.1) is 5.92 Å². The van der Waals surface area contributed by atoms with E-state index in [9.17, 15) is 4.79 Å². The third kappa shape index (κ3) is 4.51. The highest BCUT2D eigenvalue weighted by Crippen LogP contribution is 2.43. The van der Waals surface area contributed by atoms with Crippen LogP contribution >= 0.6 is 23.2 Å². The van der Waals surface area contributed by atoms with Gasteiger partial charge >= 0.3 is 0 Å². The Kier molecular flexibility index (Phi) is 6.88. The number of aryl methyl sites for hydroxylation is 1. The van der Waals surface area contributed by atoms with E-state index in [1.165, 1.54) is 6.08 Å². The molecule has 0 N–H and O–H groups in total. The molecule has 5 nitrogen and oxygen atoms in total. The Labute approximate surface area is 210 Å². The highest BCUT2D eigenvalue weighted by molar-refractivity contribution is 6.40. The summed E-state index contributed by atoms with van der Waals surface area (Å²) < 4.78 is 5.47. The van der Waals surface area contributed by atoms with Crippen molar-refractivity contribution in [2.45, 2.75) is 45.6 Å². The fraction of sp³-hybridized carbons (Fsp3) is 0.370. The summed E-state index contributed by atoms with van der Waals surface area (Å²) in [5, 5.41) is 2.03. The summed E-state index contributed by atoms with van der Waals surface area (Å²) >= 11 is 13.4. The van der Waals surface area contributed by atoms with Crippen LogP contribution in [0.25, 0.3) is 22.0 Å². The number of hydrogen-bond donors (Lipinski definition) is 0. The van der Waals surface area contributed by atoms with E-state index in [4.69, 9.17) is 32.9 Å². The smallest absolute Gasteiger partial charge is 0.246 e. The number of carbonyl (C=O) groups is 1. The predicted molar refractivity (Wildman–Crippen MR) is 139 cm³/mol. The highest BCUT2D eigenvalue weighted by atomic mass is 35.5. The number of halogens is 2. The highest BCUT2D eigenvalue weighted by Gasteiger charge is 2.40. The molecule has 0 bridgehead atoms. The third-order valence-electron chi connectivity index (χ3n) is 6.63.